The van der Waals surface area contributed by atoms with Gasteiger partial charge in [0.05, 0.1) is 11.7 Å². The van der Waals surface area contributed by atoms with Crippen LogP contribution in [0.5, 0.6) is 0 Å². The Morgan fingerprint density at radius 3 is 2.50 bits per heavy atom. The number of sulfone groups is 1. The van der Waals surface area contributed by atoms with Crippen molar-refractivity contribution >= 4 is 33.0 Å². The molecule has 0 fully saturated rings. The summed E-state index contributed by atoms with van der Waals surface area (Å²) in [5, 5.41) is 4.58. The van der Waals surface area contributed by atoms with Gasteiger partial charge in [-0.15, -0.1) is 0 Å². The first-order valence-electron chi connectivity index (χ1n) is 7.29. The van der Waals surface area contributed by atoms with E-state index in [1.807, 2.05) is 26.8 Å². The van der Waals surface area contributed by atoms with Crippen molar-refractivity contribution in [2.75, 3.05) is 12.8 Å². The van der Waals surface area contributed by atoms with Gasteiger partial charge < -0.3 is 4.90 Å². The summed E-state index contributed by atoms with van der Waals surface area (Å²) in [5.41, 5.74) is 3.40. The summed E-state index contributed by atoms with van der Waals surface area (Å²) in [6, 6.07) is 0.172. The SMILES string of the molecule is C.CC1=CC(C)=C(c2nn(C)c(S(C)(=O)=O)c2Cl)N2CC(C)N=C12. The quantitative estimate of drug-likeness (QED) is 0.802. The van der Waals surface area contributed by atoms with E-state index in [0.29, 0.717) is 5.69 Å². The summed E-state index contributed by atoms with van der Waals surface area (Å²) in [6.45, 7) is 6.78. The van der Waals surface area contributed by atoms with Crippen molar-refractivity contribution < 1.29 is 8.42 Å². The highest BCUT2D eigenvalue weighted by atomic mass is 35.5. The number of aromatic nitrogens is 2. The molecule has 6 nitrogen and oxygen atoms in total. The molecular formula is C16H23ClN4O2S. The van der Waals surface area contributed by atoms with Crippen LogP contribution in [0.25, 0.3) is 5.70 Å². The van der Waals surface area contributed by atoms with Crippen LogP contribution in [-0.2, 0) is 16.9 Å². The lowest BCUT2D eigenvalue weighted by atomic mass is 10.0. The van der Waals surface area contributed by atoms with Crippen molar-refractivity contribution in [1.82, 2.24) is 14.7 Å². The van der Waals surface area contributed by atoms with Crippen LogP contribution in [0.2, 0.25) is 5.02 Å². The molecule has 24 heavy (non-hydrogen) atoms. The Morgan fingerprint density at radius 1 is 1.33 bits per heavy atom. The van der Waals surface area contributed by atoms with E-state index in [-0.39, 0.29) is 23.5 Å². The number of aliphatic imine (C=N–C) groups is 1. The van der Waals surface area contributed by atoms with Crippen LogP contribution in [0.15, 0.2) is 27.2 Å². The number of allylic oxidation sites excluding steroid dienone is 2. The highest BCUT2D eigenvalue weighted by Crippen LogP contribution is 2.38. The number of amidine groups is 1. The number of aryl methyl sites for hydroxylation is 1. The zero-order valence-electron chi connectivity index (χ0n) is 13.8. The monoisotopic (exact) mass is 370 g/mol. The van der Waals surface area contributed by atoms with Crippen LogP contribution in [0.1, 0.15) is 33.9 Å². The summed E-state index contributed by atoms with van der Waals surface area (Å²) in [7, 11) is -1.87. The number of rotatable bonds is 2. The molecule has 0 N–H and O–H groups in total. The Bertz CT molecular complexity index is 893. The van der Waals surface area contributed by atoms with Gasteiger partial charge in [0.2, 0.25) is 0 Å². The second-order valence-electron chi connectivity index (χ2n) is 6.13. The van der Waals surface area contributed by atoms with Crippen molar-refractivity contribution in [3.63, 3.8) is 0 Å². The molecule has 0 saturated heterocycles. The second-order valence-corrected chi connectivity index (χ2v) is 8.44. The predicted octanol–water partition coefficient (Wildman–Crippen LogP) is 2.91. The molecule has 3 rings (SSSR count). The van der Waals surface area contributed by atoms with Crippen LogP contribution in [-0.4, -0.2) is 47.8 Å². The Kier molecular flexibility index (Phi) is 4.71. The van der Waals surface area contributed by atoms with E-state index in [4.69, 9.17) is 11.6 Å². The average molecular weight is 371 g/mol. The molecule has 1 unspecified atom stereocenters. The first-order valence-corrected chi connectivity index (χ1v) is 9.56. The summed E-state index contributed by atoms with van der Waals surface area (Å²) in [5.74, 6) is 0.903. The van der Waals surface area contributed by atoms with Gasteiger partial charge in [0.25, 0.3) is 0 Å². The van der Waals surface area contributed by atoms with Crippen molar-refractivity contribution in [3.05, 3.63) is 27.9 Å². The molecule has 0 bridgehead atoms. The lowest BCUT2D eigenvalue weighted by molar-refractivity contribution is 0.566. The maximum atomic E-state index is 12.0. The molecule has 0 spiro atoms. The first-order chi connectivity index (χ1) is 10.6. The van der Waals surface area contributed by atoms with Crippen LogP contribution in [0.4, 0.5) is 0 Å². The number of nitrogens with zero attached hydrogens (tertiary/aromatic N) is 4. The minimum absolute atomic E-state index is 0. The van der Waals surface area contributed by atoms with E-state index in [1.165, 1.54) is 4.68 Å². The molecule has 8 heteroatoms. The zero-order chi connectivity index (χ0) is 17.1. The average Bonchev–Trinajstić information content (AvgIpc) is 2.90. The van der Waals surface area contributed by atoms with Crippen LogP contribution >= 0.6 is 11.6 Å². The van der Waals surface area contributed by atoms with Crippen molar-refractivity contribution in [3.8, 4) is 0 Å². The largest absolute Gasteiger partial charge is 0.322 e. The van der Waals surface area contributed by atoms with Gasteiger partial charge in [-0.05, 0) is 31.9 Å². The fourth-order valence-corrected chi connectivity index (χ4v) is 4.82. The molecule has 1 aromatic heterocycles. The van der Waals surface area contributed by atoms with E-state index in [9.17, 15) is 8.42 Å². The van der Waals surface area contributed by atoms with Gasteiger partial charge in [0.15, 0.2) is 14.9 Å². The molecule has 2 aliphatic heterocycles. The topological polar surface area (TPSA) is 67.6 Å². The maximum absolute atomic E-state index is 12.0. The molecular weight excluding hydrogens is 348 g/mol. The summed E-state index contributed by atoms with van der Waals surface area (Å²) >= 11 is 6.39. The lowest BCUT2D eigenvalue weighted by Gasteiger charge is -2.28. The van der Waals surface area contributed by atoms with E-state index >= 15 is 0 Å². The zero-order valence-corrected chi connectivity index (χ0v) is 15.3. The fraction of sp³-hybridized carbons (Fsp3) is 0.500. The van der Waals surface area contributed by atoms with Crippen LogP contribution in [0, 0.1) is 0 Å². The van der Waals surface area contributed by atoms with Gasteiger partial charge in [0, 0.05) is 19.8 Å². The minimum Gasteiger partial charge on any atom is -0.322 e. The van der Waals surface area contributed by atoms with E-state index in [1.54, 1.807) is 7.05 Å². The molecule has 0 aromatic carbocycles. The molecule has 0 aliphatic carbocycles. The maximum Gasteiger partial charge on any atom is 0.193 e. The second kappa shape index (κ2) is 6.04. The molecule has 0 radical (unpaired) electrons. The van der Waals surface area contributed by atoms with Gasteiger partial charge in [-0.2, -0.15) is 5.10 Å². The summed E-state index contributed by atoms with van der Waals surface area (Å²) in [6.07, 6.45) is 3.17. The molecule has 2 aliphatic rings. The highest BCUT2D eigenvalue weighted by Gasteiger charge is 2.34. The third-order valence-electron chi connectivity index (χ3n) is 3.99. The van der Waals surface area contributed by atoms with Crippen LogP contribution < -0.4 is 0 Å². The van der Waals surface area contributed by atoms with E-state index < -0.39 is 9.84 Å². The molecule has 0 amide bonds. The Balaban J connectivity index is 0.00000208. The highest BCUT2D eigenvalue weighted by molar-refractivity contribution is 7.90. The van der Waals surface area contributed by atoms with Crippen molar-refractivity contribution in [2.45, 2.75) is 39.3 Å². The Labute approximate surface area is 148 Å². The normalized spacial score (nSPS) is 20.6. The van der Waals surface area contributed by atoms with Crippen molar-refractivity contribution in [2.24, 2.45) is 12.0 Å². The van der Waals surface area contributed by atoms with Crippen LogP contribution in [0.3, 0.4) is 0 Å². The number of fused-ring (bicyclic) bond motifs is 1. The van der Waals surface area contributed by atoms with Gasteiger partial charge in [-0.3, -0.25) is 9.67 Å². The number of hydrogen-bond donors (Lipinski definition) is 0. The number of halogens is 1. The van der Waals surface area contributed by atoms with Gasteiger partial charge in [0.1, 0.15) is 16.6 Å². The fourth-order valence-electron chi connectivity index (χ4n) is 3.20. The molecule has 132 valence electrons. The Morgan fingerprint density at radius 2 is 1.96 bits per heavy atom. The number of hydrogen-bond acceptors (Lipinski definition) is 5. The summed E-state index contributed by atoms with van der Waals surface area (Å²) < 4.78 is 25.3. The lowest BCUT2D eigenvalue weighted by Crippen LogP contribution is -2.31. The van der Waals surface area contributed by atoms with Gasteiger partial charge in [-0.1, -0.05) is 25.1 Å². The predicted molar refractivity (Wildman–Crippen MR) is 98.0 cm³/mol. The van der Waals surface area contributed by atoms with E-state index in [2.05, 4.69) is 15.0 Å². The minimum atomic E-state index is -3.46. The molecule has 1 aromatic rings. The molecule has 0 saturated carbocycles. The van der Waals surface area contributed by atoms with Crippen molar-refractivity contribution in [1.29, 1.82) is 0 Å². The Hall–Kier alpha value is -1.60. The third-order valence-corrected chi connectivity index (χ3v) is 5.63. The third kappa shape index (κ3) is 2.80. The molecule has 1 atom stereocenters. The van der Waals surface area contributed by atoms with E-state index in [0.717, 1.165) is 35.5 Å². The standard InChI is InChI=1S/C15H19ClN4O2S.CH4/c1-8-6-9(2)14-17-10(3)7-20(14)13(8)12-11(16)15(19(4)18-12)23(5,21)22;/h6,10H,7H2,1-5H3;1H4. The van der Waals surface area contributed by atoms with Gasteiger partial charge >= 0.3 is 0 Å². The molecule has 3 heterocycles. The van der Waals surface area contributed by atoms with Gasteiger partial charge in [-0.25, -0.2) is 8.42 Å². The smallest absolute Gasteiger partial charge is 0.193 e. The summed E-state index contributed by atoms with van der Waals surface area (Å²) in [4.78, 5) is 6.73. The first kappa shape index (κ1) is 18.7.